The summed E-state index contributed by atoms with van der Waals surface area (Å²) >= 11 is 0. The van der Waals surface area contributed by atoms with Gasteiger partial charge in [0.05, 0.1) is 20.8 Å². The molecule has 140 valence electrons. The zero-order valence-electron chi connectivity index (χ0n) is 13.5. The number of carbonyl (C=O) groups is 2. The predicted molar refractivity (Wildman–Crippen MR) is 81.7 cm³/mol. The molecule has 0 amide bonds. The summed E-state index contributed by atoms with van der Waals surface area (Å²) in [7, 11) is 2.41. The van der Waals surface area contributed by atoms with E-state index in [0.717, 1.165) is 12.1 Å². The number of ether oxygens (including phenoxy) is 2. The molecule has 0 aliphatic rings. The number of aliphatic hydroxyl groups is 5. The number of Topliss-reactive ketones (excluding diaryl/α,β-unsaturated/α-hetero) is 2. The number of aromatic hydroxyl groups is 1. The van der Waals surface area contributed by atoms with E-state index in [1.54, 1.807) is 0 Å². The lowest BCUT2D eigenvalue weighted by Crippen LogP contribution is -2.50. The van der Waals surface area contributed by atoms with E-state index < -0.39 is 48.3 Å². The standard InChI is InChI=1S/C15H20O10/c1-24-8-3-6(4-9(25-2)12(8)20)10(18)13(21)15(23)14(22)11(19)7(17)5-16/h3-4,7,11,14-17,19-20,22-23H,5H2,1-2H3/t7-,11-,14+,15+/m1/s1. The van der Waals surface area contributed by atoms with Crippen LogP contribution in [0.15, 0.2) is 12.1 Å². The molecule has 0 spiro atoms. The van der Waals surface area contributed by atoms with Gasteiger partial charge in [-0.2, -0.15) is 0 Å². The molecule has 0 heterocycles. The van der Waals surface area contributed by atoms with E-state index in [4.69, 9.17) is 14.6 Å². The lowest BCUT2D eigenvalue weighted by Gasteiger charge is -2.24. The van der Waals surface area contributed by atoms with Crippen LogP contribution in [0.3, 0.4) is 0 Å². The maximum absolute atomic E-state index is 12.2. The van der Waals surface area contributed by atoms with Gasteiger partial charge >= 0.3 is 0 Å². The van der Waals surface area contributed by atoms with Crippen LogP contribution in [0, 0.1) is 0 Å². The van der Waals surface area contributed by atoms with Gasteiger partial charge in [-0.1, -0.05) is 0 Å². The van der Waals surface area contributed by atoms with Crippen molar-refractivity contribution in [2.24, 2.45) is 0 Å². The molecule has 0 bridgehead atoms. The van der Waals surface area contributed by atoms with Crippen LogP contribution in [0.5, 0.6) is 17.2 Å². The van der Waals surface area contributed by atoms with Gasteiger partial charge < -0.3 is 40.1 Å². The number of hydrogen-bond acceptors (Lipinski definition) is 10. The normalized spacial score (nSPS) is 15.8. The van der Waals surface area contributed by atoms with E-state index in [-0.39, 0.29) is 17.1 Å². The van der Waals surface area contributed by atoms with E-state index in [0.29, 0.717) is 0 Å². The first-order valence-corrected chi connectivity index (χ1v) is 7.06. The van der Waals surface area contributed by atoms with Crippen molar-refractivity contribution in [2.75, 3.05) is 20.8 Å². The molecule has 4 atom stereocenters. The van der Waals surface area contributed by atoms with Crippen LogP contribution in [0.25, 0.3) is 0 Å². The van der Waals surface area contributed by atoms with Crippen molar-refractivity contribution in [2.45, 2.75) is 24.4 Å². The van der Waals surface area contributed by atoms with Gasteiger partial charge in [0.15, 0.2) is 11.5 Å². The van der Waals surface area contributed by atoms with Crippen LogP contribution in [0.4, 0.5) is 0 Å². The molecule has 0 radical (unpaired) electrons. The first-order valence-electron chi connectivity index (χ1n) is 7.06. The number of benzene rings is 1. The summed E-state index contributed by atoms with van der Waals surface area (Å²) in [6.07, 6.45) is -8.43. The van der Waals surface area contributed by atoms with Crippen molar-refractivity contribution >= 4 is 11.6 Å². The van der Waals surface area contributed by atoms with Gasteiger partial charge in [-0.3, -0.25) is 9.59 Å². The number of aliphatic hydroxyl groups excluding tert-OH is 5. The van der Waals surface area contributed by atoms with E-state index in [1.807, 2.05) is 0 Å². The summed E-state index contributed by atoms with van der Waals surface area (Å²) in [5.74, 6) is -3.47. The molecule has 0 aromatic heterocycles. The van der Waals surface area contributed by atoms with Crippen molar-refractivity contribution in [3.8, 4) is 17.2 Å². The lowest BCUT2D eigenvalue weighted by molar-refractivity contribution is -0.142. The Labute approximate surface area is 142 Å². The highest BCUT2D eigenvalue weighted by Crippen LogP contribution is 2.37. The van der Waals surface area contributed by atoms with E-state index in [1.165, 1.54) is 14.2 Å². The largest absolute Gasteiger partial charge is 0.502 e. The Hall–Kier alpha value is -2.24. The molecule has 0 aliphatic heterocycles. The van der Waals surface area contributed by atoms with Gasteiger partial charge in [0.25, 0.3) is 0 Å². The second-order valence-electron chi connectivity index (χ2n) is 5.10. The Morgan fingerprint density at radius 3 is 1.88 bits per heavy atom. The summed E-state index contributed by atoms with van der Waals surface area (Å²) in [6.45, 7) is -0.931. The van der Waals surface area contributed by atoms with Crippen molar-refractivity contribution in [3.63, 3.8) is 0 Å². The molecule has 6 N–H and O–H groups in total. The van der Waals surface area contributed by atoms with Crippen LogP contribution < -0.4 is 9.47 Å². The van der Waals surface area contributed by atoms with Gasteiger partial charge in [0.2, 0.25) is 17.3 Å². The maximum atomic E-state index is 12.2. The topological polar surface area (TPSA) is 174 Å². The summed E-state index contributed by atoms with van der Waals surface area (Å²) in [5, 5.41) is 56.6. The summed E-state index contributed by atoms with van der Waals surface area (Å²) in [6, 6.07) is 2.05. The molecule has 10 nitrogen and oxygen atoms in total. The monoisotopic (exact) mass is 360 g/mol. The molecule has 25 heavy (non-hydrogen) atoms. The fourth-order valence-electron chi connectivity index (χ4n) is 1.98. The van der Waals surface area contributed by atoms with Crippen LogP contribution in [-0.4, -0.2) is 87.4 Å². The van der Waals surface area contributed by atoms with Crippen molar-refractivity contribution in [1.82, 2.24) is 0 Å². The highest BCUT2D eigenvalue weighted by atomic mass is 16.5. The van der Waals surface area contributed by atoms with Gasteiger partial charge in [-0.05, 0) is 12.1 Å². The average Bonchev–Trinajstić information content (AvgIpc) is 2.64. The smallest absolute Gasteiger partial charge is 0.234 e. The first-order chi connectivity index (χ1) is 11.7. The maximum Gasteiger partial charge on any atom is 0.234 e. The third-order valence-electron chi connectivity index (χ3n) is 3.49. The molecule has 1 aromatic rings. The second kappa shape index (κ2) is 8.74. The summed E-state index contributed by atoms with van der Waals surface area (Å²) < 4.78 is 9.69. The Kier molecular flexibility index (Phi) is 7.27. The number of phenolic OH excluding ortho intramolecular Hbond substituents is 1. The Morgan fingerprint density at radius 1 is 1.00 bits per heavy atom. The van der Waals surface area contributed by atoms with E-state index >= 15 is 0 Å². The van der Waals surface area contributed by atoms with Gasteiger partial charge in [-0.15, -0.1) is 0 Å². The van der Waals surface area contributed by atoms with Crippen molar-refractivity contribution in [3.05, 3.63) is 17.7 Å². The third-order valence-corrected chi connectivity index (χ3v) is 3.49. The first kappa shape index (κ1) is 20.8. The Morgan fingerprint density at radius 2 is 1.48 bits per heavy atom. The Bertz CT molecular complexity index is 604. The molecule has 0 saturated heterocycles. The summed E-state index contributed by atoms with van der Waals surface area (Å²) in [5.41, 5.74) is -0.306. The van der Waals surface area contributed by atoms with Crippen LogP contribution >= 0.6 is 0 Å². The number of hydrogen-bond donors (Lipinski definition) is 6. The highest BCUT2D eigenvalue weighted by molar-refractivity contribution is 6.45. The molecule has 0 fully saturated rings. The van der Waals surface area contributed by atoms with Crippen molar-refractivity contribution in [1.29, 1.82) is 0 Å². The number of rotatable bonds is 9. The zero-order chi connectivity index (χ0) is 19.3. The number of phenols is 1. The van der Waals surface area contributed by atoms with E-state index in [2.05, 4.69) is 0 Å². The van der Waals surface area contributed by atoms with Gasteiger partial charge in [-0.25, -0.2) is 0 Å². The molecular formula is C15H20O10. The Balaban J connectivity index is 3.08. The summed E-state index contributed by atoms with van der Waals surface area (Å²) in [4.78, 5) is 24.2. The number of methoxy groups -OCH3 is 2. The van der Waals surface area contributed by atoms with Crippen LogP contribution in [-0.2, 0) is 4.79 Å². The van der Waals surface area contributed by atoms with Gasteiger partial charge in [0.1, 0.15) is 24.4 Å². The molecule has 0 unspecified atom stereocenters. The molecule has 0 saturated carbocycles. The minimum atomic E-state index is -2.35. The second-order valence-corrected chi connectivity index (χ2v) is 5.10. The lowest BCUT2D eigenvalue weighted by atomic mass is 9.95. The van der Waals surface area contributed by atoms with Crippen molar-refractivity contribution < 1.29 is 49.7 Å². The number of ketones is 2. The quantitative estimate of drug-likeness (QED) is 0.206. The number of carbonyl (C=O) groups excluding carboxylic acids is 2. The van der Waals surface area contributed by atoms with Crippen LogP contribution in [0.1, 0.15) is 10.4 Å². The fraction of sp³-hybridized carbons (Fsp3) is 0.467. The molecule has 0 aliphatic carbocycles. The minimum absolute atomic E-state index is 0.165. The zero-order valence-corrected chi connectivity index (χ0v) is 13.5. The SMILES string of the molecule is COc1cc(C(=O)C(=O)[C@H](O)[C@@H](O)[C@H](O)[C@H](O)CO)cc(OC)c1O. The molecule has 1 rings (SSSR count). The van der Waals surface area contributed by atoms with E-state index in [9.17, 15) is 35.1 Å². The molecule has 1 aromatic carbocycles. The van der Waals surface area contributed by atoms with Crippen LogP contribution in [0.2, 0.25) is 0 Å². The fourth-order valence-corrected chi connectivity index (χ4v) is 1.98. The average molecular weight is 360 g/mol. The minimum Gasteiger partial charge on any atom is -0.502 e. The van der Waals surface area contributed by atoms with Gasteiger partial charge in [0, 0.05) is 5.56 Å². The molecular weight excluding hydrogens is 340 g/mol. The predicted octanol–water partition coefficient (Wildman–Crippen LogP) is -2.40. The third kappa shape index (κ3) is 4.44. The highest BCUT2D eigenvalue weighted by Gasteiger charge is 2.37. The molecule has 10 heteroatoms.